The maximum Gasteiger partial charge on any atom is 0.230 e. The second-order valence-electron chi connectivity index (χ2n) is 6.75. The van der Waals surface area contributed by atoms with Crippen molar-refractivity contribution in [1.82, 2.24) is 14.9 Å². The Kier molecular flexibility index (Phi) is 3.25. The highest BCUT2D eigenvalue weighted by Gasteiger charge is 2.51. The Morgan fingerprint density at radius 3 is 2.78 bits per heavy atom. The Balaban J connectivity index is 1.47. The molecule has 120 valence electrons. The number of nitrogens with one attached hydrogen (secondary N) is 1. The number of imidazole rings is 1. The lowest BCUT2D eigenvalue weighted by Crippen LogP contribution is -2.45. The Labute approximate surface area is 134 Å². The third-order valence-electron chi connectivity index (χ3n) is 5.03. The highest BCUT2D eigenvalue weighted by Crippen LogP contribution is 2.48. The van der Waals surface area contributed by atoms with Gasteiger partial charge >= 0.3 is 0 Å². The summed E-state index contributed by atoms with van der Waals surface area (Å²) in [5.74, 6) is 0.919. The van der Waals surface area contributed by atoms with Crippen LogP contribution in [0.25, 0.3) is 0 Å². The predicted molar refractivity (Wildman–Crippen MR) is 84.5 cm³/mol. The fourth-order valence-electron chi connectivity index (χ4n) is 3.57. The summed E-state index contributed by atoms with van der Waals surface area (Å²) >= 11 is 0. The summed E-state index contributed by atoms with van der Waals surface area (Å²) in [6.45, 7) is 2.77. The molecule has 4 rings (SSSR count). The van der Waals surface area contributed by atoms with Crippen LogP contribution in [0.3, 0.4) is 0 Å². The van der Waals surface area contributed by atoms with E-state index in [2.05, 4.69) is 14.9 Å². The summed E-state index contributed by atoms with van der Waals surface area (Å²) in [7, 11) is 0. The Bertz CT molecular complexity index is 746. The van der Waals surface area contributed by atoms with Gasteiger partial charge in [-0.3, -0.25) is 4.79 Å². The van der Waals surface area contributed by atoms with E-state index >= 15 is 0 Å². The second kappa shape index (κ2) is 5.18. The molecule has 2 aliphatic rings. The van der Waals surface area contributed by atoms with Crippen molar-refractivity contribution in [1.29, 1.82) is 0 Å². The lowest BCUT2D eigenvalue weighted by atomic mass is 9.94. The van der Waals surface area contributed by atoms with E-state index < -0.39 is 5.41 Å². The normalized spacial score (nSPS) is 21.6. The number of nitrogens with zero attached hydrogens (tertiary/aromatic N) is 2. The average molecular weight is 313 g/mol. The van der Waals surface area contributed by atoms with Gasteiger partial charge in [-0.25, -0.2) is 9.37 Å². The van der Waals surface area contributed by atoms with Gasteiger partial charge in [0.2, 0.25) is 5.91 Å². The second-order valence-corrected chi connectivity index (χ2v) is 6.75. The number of aromatic nitrogens is 2. The van der Waals surface area contributed by atoms with Crippen LogP contribution in [0.5, 0.6) is 0 Å². The van der Waals surface area contributed by atoms with Crippen LogP contribution in [0.2, 0.25) is 0 Å². The van der Waals surface area contributed by atoms with E-state index in [4.69, 9.17) is 0 Å². The summed E-state index contributed by atoms with van der Waals surface area (Å²) in [4.78, 5) is 17.3. The minimum Gasteiger partial charge on any atom is -0.351 e. The van der Waals surface area contributed by atoms with Crippen LogP contribution in [0.4, 0.5) is 4.39 Å². The van der Waals surface area contributed by atoms with Gasteiger partial charge in [-0.15, -0.1) is 0 Å². The minimum atomic E-state index is -0.446. The van der Waals surface area contributed by atoms with Crippen molar-refractivity contribution in [2.75, 3.05) is 0 Å². The molecule has 0 unspecified atom stereocenters. The molecule has 1 saturated carbocycles. The topological polar surface area (TPSA) is 46.9 Å². The maximum atomic E-state index is 13.1. The van der Waals surface area contributed by atoms with Crippen LogP contribution in [-0.4, -0.2) is 21.5 Å². The van der Waals surface area contributed by atoms with E-state index in [-0.39, 0.29) is 17.8 Å². The zero-order chi connectivity index (χ0) is 16.0. The summed E-state index contributed by atoms with van der Waals surface area (Å²) in [6, 6.07) is 6.48. The number of amides is 1. The monoisotopic (exact) mass is 313 g/mol. The van der Waals surface area contributed by atoms with Gasteiger partial charge in [0.15, 0.2) is 0 Å². The zero-order valence-corrected chi connectivity index (χ0v) is 13.2. The van der Waals surface area contributed by atoms with E-state index in [0.29, 0.717) is 0 Å². The SMILES string of the molecule is Cc1cn2c(n1)CC[C@@H](NC(=O)C1(c3ccc(F)cc3)CC1)C2. The molecule has 2 aromatic rings. The van der Waals surface area contributed by atoms with Gasteiger partial charge in [0.1, 0.15) is 11.6 Å². The standard InChI is InChI=1S/C18H20FN3O/c1-12-10-22-11-15(6-7-16(22)20-12)21-17(23)18(8-9-18)13-2-4-14(19)5-3-13/h2-5,10,15H,6-9,11H2,1H3,(H,21,23)/t15-/m1/s1. The van der Waals surface area contributed by atoms with Crippen molar-refractivity contribution >= 4 is 5.91 Å². The van der Waals surface area contributed by atoms with Gasteiger partial charge in [-0.1, -0.05) is 12.1 Å². The first kappa shape index (κ1) is 14.4. The fraction of sp³-hybridized carbons (Fsp3) is 0.444. The van der Waals surface area contributed by atoms with Crippen molar-refractivity contribution < 1.29 is 9.18 Å². The number of benzene rings is 1. The first-order valence-electron chi connectivity index (χ1n) is 8.16. The molecule has 1 aliphatic carbocycles. The number of carbonyl (C=O) groups is 1. The molecule has 1 N–H and O–H groups in total. The maximum absolute atomic E-state index is 13.1. The Morgan fingerprint density at radius 1 is 1.35 bits per heavy atom. The number of fused-ring (bicyclic) bond motifs is 1. The molecule has 23 heavy (non-hydrogen) atoms. The highest BCUT2D eigenvalue weighted by molar-refractivity contribution is 5.91. The first-order chi connectivity index (χ1) is 11.1. The third-order valence-corrected chi connectivity index (χ3v) is 5.03. The van der Waals surface area contributed by atoms with Crippen LogP contribution in [0.15, 0.2) is 30.5 Å². The van der Waals surface area contributed by atoms with E-state index in [1.165, 1.54) is 12.1 Å². The molecule has 0 bridgehead atoms. The van der Waals surface area contributed by atoms with Crippen LogP contribution in [0.1, 0.15) is 36.3 Å². The molecule has 1 aliphatic heterocycles. The molecule has 1 aromatic carbocycles. The number of aryl methyl sites for hydroxylation is 2. The molecule has 0 radical (unpaired) electrons. The van der Waals surface area contributed by atoms with Crippen LogP contribution in [0, 0.1) is 12.7 Å². The summed E-state index contributed by atoms with van der Waals surface area (Å²) in [5.41, 5.74) is 1.50. The van der Waals surface area contributed by atoms with Crippen LogP contribution < -0.4 is 5.32 Å². The molecule has 1 aromatic heterocycles. The van der Waals surface area contributed by atoms with Crippen molar-refractivity contribution in [3.05, 3.63) is 53.4 Å². The lowest BCUT2D eigenvalue weighted by molar-refractivity contribution is -0.124. The molecule has 5 heteroatoms. The lowest BCUT2D eigenvalue weighted by Gasteiger charge is -2.27. The van der Waals surface area contributed by atoms with Gasteiger partial charge in [-0.05, 0) is 43.9 Å². The van der Waals surface area contributed by atoms with Gasteiger partial charge < -0.3 is 9.88 Å². The average Bonchev–Trinajstić information content (AvgIpc) is 3.25. The van der Waals surface area contributed by atoms with E-state index in [1.54, 1.807) is 12.1 Å². The smallest absolute Gasteiger partial charge is 0.230 e. The number of halogens is 1. The van der Waals surface area contributed by atoms with E-state index in [0.717, 1.165) is 49.3 Å². The predicted octanol–water partition coefficient (Wildman–Crippen LogP) is 2.49. The number of carbonyl (C=O) groups excluding carboxylic acids is 1. The molecule has 2 heterocycles. The van der Waals surface area contributed by atoms with Gasteiger partial charge in [0.05, 0.1) is 11.1 Å². The molecule has 0 spiro atoms. The minimum absolute atomic E-state index is 0.0781. The Hall–Kier alpha value is -2.17. The largest absolute Gasteiger partial charge is 0.351 e. The molecular formula is C18H20FN3O. The molecule has 1 fully saturated rings. The van der Waals surface area contributed by atoms with Crippen molar-refractivity contribution in [3.8, 4) is 0 Å². The van der Waals surface area contributed by atoms with E-state index in [9.17, 15) is 9.18 Å². The summed E-state index contributed by atoms with van der Waals surface area (Å²) in [6.07, 6.45) is 5.53. The van der Waals surface area contributed by atoms with Gasteiger partial charge in [0.25, 0.3) is 0 Å². The zero-order valence-electron chi connectivity index (χ0n) is 13.2. The quantitative estimate of drug-likeness (QED) is 0.946. The van der Waals surface area contributed by atoms with Crippen molar-refractivity contribution in [3.63, 3.8) is 0 Å². The third kappa shape index (κ3) is 2.54. The van der Waals surface area contributed by atoms with Gasteiger partial charge in [0, 0.05) is 25.2 Å². The highest BCUT2D eigenvalue weighted by atomic mass is 19.1. The van der Waals surface area contributed by atoms with E-state index in [1.807, 2.05) is 13.1 Å². The van der Waals surface area contributed by atoms with Crippen molar-refractivity contribution in [2.24, 2.45) is 0 Å². The number of hydrogen-bond donors (Lipinski definition) is 1. The molecule has 1 atom stereocenters. The molecular weight excluding hydrogens is 293 g/mol. The van der Waals surface area contributed by atoms with Crippen molar-refractivity contribution in [2.45, 2.75) is 50.6 Å². The molecule has 1 amide bonds. The summed E-state index contributed by atoms with van der Waals surface area (Å²) < 4.78 is 15.2. The fourth-order valence-corrected chi connectivity index (χ4v) is 3.57. The Morgan fingerprint density at radius 2 is 2.09 bits per heavy atom. The number of rotatable bonds is 3. The molecule has 4 nitrogen and oxygen atoms in total. The molecule has 0 saturated heterocycles. The number of hydrogen-bond acceptors (Lipinski definition) is 2. The van der Waals surface area contributed by atoms with Crippen LogP contribution >= 0.6 is 0 Å². The van der Waals surface area contributed by atoms with Gasteiger partial charge in [-0.2, -0.15) is 0 Å². The first-order valence-corrected chi connectivity index (χ1v) is 8.16. The summed E-state index contributed by atoms with van der Waals surface area (Å²) in [5, 5.41) is 3.20. The van der Waals surface area contributed by atoms with Crippen LogP contribution in [-0.2, 0) is 23.2 Å².